The van der Waals surface area contributed by atoms with Crippen molar-refractivity contribution in [2.75, 3.05) is 0 Å². The first-order valence-electron chi connectivity index (χ1n) is 10.9. The van der Waals surface area contributed by atoms with Crippen molar-refractivity contribution in [3.63, 3.8) is 0 Å². The molecule has 2 saturated heterocycles. The maximum Gasteiger partial charge on any atom is 0.327 e. The summed E-state index contributed by atoms with van der Waals surface area (Å²) in [5.41, 5.74) is -0.102. The largest absolute Gasteiger partial charge is 0.481 e. The van der Waals surface area contributed by atoms with Crippen LogP contribution in [0.25, 0.3) is 0 Å². The maximum atomic E-state index is 13.4. The second kappa shape index (κ2) is 8.74. The number of rotatable bonds is 8. The molecule has 4 atom stereocenters. The highest BCUT2D eigenvalue weighted by Crippen LogP contribution is 2.54. The minimum atomic E-state index is -1.19. The van der Waals surface area contributed by atoms with Crippen LogP contribution >= 0.6 is 11.8 Å². The molecule has 0 bridgehead atoms. The van der Waals surface area contributed by atoms with Gasteiger partial charge in [-0.2, -0.15) is 0 Å². The van der Waals surface area contributed by atoms with Crippen molar-refractivity contribution in [1.82, 2.24) is 10.2 Å². The van der Waals surface area contributed by atoms with Crippen LogP contribution in [0.2, 0.25) is 0 Å². The smallest absolute Gasteiger partial charge is 0.327 e. The van der Waals surface area contributed by atoms with Gasteiger partial charge in [0.05, 0.1) is 0 Å². The predicted octanol–water partition coefficient (Wildman–Crippen LogP) is 3.09. The lowest BCUT2D eigenvalue weighted by molar-refractivity contribution is -0.168. The van der Waals surface area contributed by atoms with Gasteiger partial charge in [-0.25, -0.2) is 4.79 Å². The van der Waals surface area contributed by atoms with Gasteiger partial charge in [0.1, 0.15) is 22.7 Å². The zero-order valence-electron chi connectivity index (χ0n) is 18.9. The molecule has 33 heavy (non-hydrogen) atoms. The van der Waals surface area contributed by atoms with Crippen LogP contribution in [0.15, 0.2) is 60.7 Å². The second-order valence-corrected chi connectivity index (χ2v) is 10.9. The number of nitrogens with zero attached hydrogens (tertiary/aromatic N) is 1. The number of β-lactam (4-membered cyclic amide) rings is 1. The Labute approximate surface area is 197 Å². The van der Waals surface area contributed by atoms with Crippen LogP contribution in [0.4, 0.5) is 0 Å². The third-order valence-electron chi connectivity index (χ3n) is 6.25. The van der Waals surface area contributed by atoms with E-state index in [-0.39, 0.29) is 11.8 Å². The molecule has 2 aliphatic rings. The van der Waals surface area contributed by atoms with Crippen LogP contribution in [0.1, 0.15) is 32.8 Å². The van der Waals surface area contributed by atoms with Gasteiger partial charge < -0.3 is 20.1 Å². The van der Waals surface area contributed by atoms with Gasteiger partial charge >= 0.3 is 5.97 Å². The number of fused-ring (bicyclic) bond motifs is 1. The van der Waals surface area contributed by atoms with E-state index < -0.39 is 33.8 Å². The molecule has 2 aromatic carbocycles. The first-order valence-corrected chi connectivity index (χ1v) is 11.8. The van der Waals surface area contributed by atoms with Crippen molar-refractivity contribution in [3.05, 3.63) is 66.2 Å². The zero-order valence-corrected chi connectivity index (χ0v) is 19.7. The number of carbonyl (C=O) groups excluding carboxylic acids is 2. The summed E-state index contributed by atoms with van der Waals surface area (Å²) in [5, 5.41) is 12.1. The molecule has 0 spiro atoms. The summed E-state index contributed by atoms with van der Waals surface area (Å²) in [6.45, 7) is 5.29. The average molecular weight is 469 g/mol. The Kier molecular flexibility index (Phi) is 6.14. The number of benzene rings is 2. The lowest BCUT2D eigenvalue weighted by Gasteiger charge is -2.51. The third kappa shape index (κ3) is 4.31. The Bertz CT molecular complexity index is 1050. The minimum Gasteiger partial charge on any atom is -0.481 e. The monoisotopic (exact) mass is 468 g/mol. The van der Waals surface area contributed by atoms with Crippen LogP contribution in [0.3, 0.4) is 0 Å². The normalized spacial score (nSPS) is 26.2. The molecule has 2 N–H and O–H groups in total. The number of carboxylic acids is 1. The number of carboxylic acid groups (broad SMARTS) is 1. The van der Waals surface area contributed by atoms with E-state index in [1.807, 2.05) is 62.4 Å². The SMILES string of the molecule is CC1(C)S[C@H]2N(C(=O)[C@]2(C)NC(=O)C(CCc2ccccc2)Oc2ccccc2)[C@H]1C(=O)O. The van der Waals surface area contributed by atoms with Gasteiger partial charge in [-0.1, -0.05) is 48.5 Å². The number of nitrogens with one attached hydrogen (secondary N) is 1. The Balaban J connectivity index is 1.51. The number of carbonyl (C=O) groups is 3. The van der Waals surface area contributed by atoms with Crippen molar-refractivity contribution in [1.29, 1.82) is 0 Å². The molecule has 0 aliphatic carbocycles. The lowest BCUT2D eigenvalue weighted by atomic mass is 9.86. The van der Waals surface area contributed by atoms with Gasteiger partial charge in [0, 0.05) is 4.75 Å². The molecule has 2 aromatic rings. The standard InChI is InChI=1S/C25H28N2O5S/c1-24(2)19(21(29)30)27-22(31)25(3,23(27)33-24)26-20(28)18(32-17-12-8-5-9-13-17)15-14-16-10-6-4-7-11-16/h4-13,18-19,23H,14-15H2,1-3H3,(H,26,28)(H,29,30)/t18?,19-,23+,25-/m0/s1. The van der Waals surface area contributed by atoms with Crippen molar-refractivity contribution >= 4 is 29.5 Å². The summed E-state index contributed by atoms with van der Waals surface area (Å²) >= 11 is 1.40. The predicted molar refractivity (Wildman–Crippen MR) is 126 cm³/mol. The molecule has 174 valence electrons. The molecule has 2 aliphatic heterocycles. The molecule has 0 radical (unpaired) electrons. The summed E-state index contributed by atoms with van der Waals surface area (Å²) in [6, 6.07) is 18.0. The molecular formula is C25H28N2O5S. The molecule has 2 amide bonds. The van der Waals surface area contributed by atoms with Crippen LogP contribution in [-0.4, -0.2) is 55.6 Å². The van der Waals surface area contributed by atoms with Gasteiger partial charge in [-0.15, -0.1) is 11.8 Å². The van der Waals surface area contributed by atoms with E-state index in [0.29, 0.717) is 18.6 Å². The highest BCUT2D eigenvalue weighted by atomic mass is 32.2. The van der Waals surface area contributed by atoms with E-state index in [0.717, 1.165) is 5.56 Å². The van der Waals surface area contributed by atoms with E-state index in [2.05, 4.69) is 5.32 Å². The molecular weight excluding hydrogens is 440 g/mol. The van der Waals surface area contributed by atoms with Gasteiger partial charge in [-0.3, -0.25) is 9.59 Å². The number of para-hydroxylation sites is 1. The number of thioether (sulfide) groups is 1. The Morgan fingerprint density at radius 3 is 2.30 bits per heavy atom. The lowest BCUT2D eigenvalue weighted by Crippen LogP contribution is -2.78. The van der Waals surface area contributed by atoms with Crippen LogP contribution in [-0.2, 0) is 20.8 Å². The van der Waals surface area contributed by atoms with E-state index in [9.17, 15) is 19.5 Å². The zero-order chi connectivity index (χ0) is 23.8. The van der Waals surface area contributed by atoms with Gasteiger partial charge in [0.25, 0.3) is 11.8 Å². The molecule has 2 heterocycles. The average Bonchev–Trinajstić information content (AvgIpc) is 3.07. The molecule has 0 saturated carbocycles. The highest BCUT2D eigenvalue weighted by Gasteiger charge is 2.70. The van der Waals surface area contributed by atoms with Crippen LogP contribution in [0.5, 0.6) is 5.75 Å². The fourth-order valence-electron chi connectivity index (χ4n) is 4.52. The number of amides is 2. The fraction of sp³-hybridized carbons (Fsp3) is 0.400. The molecule has 0 aromatic heterocycles. The first kappa shape index (κ1) is 23.2. The van der Waals surface area contributed by atoms with E-state index in [1.54, 1.807) is 19.1 Å². The number of ether oxygens (including phenoxy) is 1. The number of aryl methyl sites for hydroxylation is 1. The Morgan fingerprint density at radius 2 is 1.70 bits per heavy atom. The molecule has 4 rings (SSSR count). The van der Waals surface area contributed by atoms with Crippen molar-refractivity contribution in [2.24, 2.45) is 0 Å². The summed E-state index contributed by atoms with van der Waals surface area (Å²) in [6.07, 6.45) is 0.259. The number of hydrogen-bond donors (Lipinski definition) is 2. The number of aliphatic carboxylic acids is 1. The Morgan fingerprint density at radius 1 is 1.09 bits per heavy atom. The van der Waals surface area contributed by atoms with Gasteiger partial charge in [0.15, 0.2) is 6.10 Å². The molecule has 1 unspecified atom stereocenters. The third-order valence-corrected chi connectivity index (χ3v) is 8.00. The van der Waals surface area contributed by atoms with E-state index in [4.69, 9.17) is 4.74 Å². The van der Waals surface area contributed by atoms with Crippen LogP contribution in [0, 0.1) is 0 Å². The molecule has 8 heteroatoms. The van der Waals surface area contributed by atoms with Crippen LogP contribution < -0.4 is 10.1 Å². The molecule has 2 fully saturated rings. The summed E-state index contributed by atoms with van der Waals surface area (Å²) < 4.78 is 5.36. The highest BCUT2D eigenvalue weighted by molar-refractivity contribution is 8.01. The summed E-state index contributed by atoms with van der Waals surface area (Å²) in [5.74, 6) is -1.24. The van der Waals surface area contributed by atoms with Crippen molar-refractivity contribution in [2.45, 2.75) is 61.4 Å². The second-order valence-electron chi connectivity index (χ2n) is 9.16. The molecule has 7 nitrogen and oxygen atoms in total. The van der Waals surface area contributed by atoms with E-state index in [1.165, 1.54) is 16.7 Å². The first-order chi connectivity index (χ1) is 15.6. The van der Waals surface area contributed by atoms with E-state index >= 15 is 0 Å². The summed E-state index contributed by atoms with van der Waals surface area (Å²) in [7, 11) is 0. The maximum absolute atomic E-state index is 13.4. The van der Waals surface area contributed by atoms with Crippen molar-refractivity contribution < 1.29 is 24.2 Å². The van der Waals surface area contributed by atoms with Crippen molar-refractivity contribution in [3.8, 4) is 5.75 Å². The minimum absolute atomic E-state index is 0.382. The number of hydrogen-bond acceptors (Lipinski definition) is 5. The van der Waals surface area contributed by atoms with Gasteiger partial charge in [-0.05, 0) is 51.3 Å². The van der Waals surface area contributed by atoms with Gasteiger partial charge in [0.2, 0.25) is 0 Å². The Hall–Kier alpha value is -3.00. The quantitative estimate of drug-likeness (QED) is 0.578. The topological polar surface area (TPSA) is 95.9 Å². The fourth-order valence-corrected chi connectivity index (χ4v) is 6.17. The summed E-state index contributed by atoms with van der Waals surface area (Å²) in [4.78, 5) is 39.6.